The van der Waals surface area contributed by atoms with Crippen LogP contribution in [0.2, 0.25) is 0 Å². The molecule has 1 fully saturated rings. The molecule has 0 saturated carbocycles. The van der Waals surface area contributed by atoms with Gasteiger partial charge >= 0.3 is 0 Å². The van der Waals surface area contributed by atoms with Crippen LogP contribution >= 0.6 is 35.3 Å². The van der Waals surface area contributed by atoms with Gasteiger partial charge in [-0.25, -0.2) is 0 Å². The minimum absolute atomic E-state index is 0.00486. The Labute approximate surface area is 137 Å². The molecule has 2 heterocycles. The zero-order chi connectivity index (χ0) is 14.8. The van der Waals surface area contributed by atoms with Crippen LogP contribution in [0.4, 0.5) is 0 Å². The number of thioether (sulfide) groups is 1. The molecule has 1 atom stereocenters. The van der Waals surface area contributed by atoms with E-state index < -0.39 is 0 Å². The summed E-state index contributed by atoms with van der Waals surface area (Å²) < 4.78 is 0.624. The molecule has 21 heavy (non-hydrogen) atoms. The number of thiocarbonyl (C=S) groups is 1. The summed E-state index contributed by atoms with van der Waals surface area (Å²) >= 11 is 8.39. The van der Waals surface area contributed by atoms with E-state index >= 15 is 0 Å². The molecule has 1 unspecified atom stereocenters. The molecule has 1 saturated heterocycles. The number of hydrogen-bond acceptors (Lipinski definition) is 4. The maximum Gasteiger partial charge on any atom is 0.266 e. The van der Waals surface area contributed by atoms with Gasteiger partial charge in [0.05, 0.1) is 10.9 Å². The van der Waals surface area contributed by atoms with Gasteiger partial charge in [-0.2, -0.15) is 0 Å². The van der Waals surface area contributed by atoms with E-state index in [9.17, 15) is 4.79 Å². The zero-order valence-electron chi connectivity index (χ0n) is 11.4. The average molecular weight is 331 g/mol. The molecule has 0 bridgehead atoms. The minimum atomic E-state index is -0.0482. The Morgan fingerprint density at radius 3 is 2.62 bits per heavy atom. The van der Waals surface area contributed by atoms with Crippen LogP contribution < -0.4 is 0 Å². The van der Waals surface area contributed by atoms with Gasteiger partial charge in [0.15, 0.2) is 0 Å². The molecule has 1 aromatic heterocycles. The maximum absolute atomic E-state index is 12.6. The van der Waals surface area contributed by atoms with Crippen molar-refractivity contribution in [3.8, 4) is 0 Å². The third-order valence-electron chi connectivity index (χ3n) is 3.31. The first-order chi connectivity index (χ1) is 10.2. The molecule has 1 amide bonds. The summed E-state index contributed by atoms with van der Waals surface area (Å²) in [5.41, 5.74) is 1.09. The van der Waals surface area contributed by atoms with Crippen LogP contribution in [0, 0.1) is 0 Å². The maximum atomic E-state index is 12.6. The monoisotopic (exact) mass is 331 g/mol. The van der Waals surface area contributed by atoms with E-state index in [4.69, 9.17) is 12.2 Å². The molecule has 0 aliphatic carbocycles. The van der Waals surface area contributed by atoms with Gasteiger partial charge in [0.2, 0.25) is 0 Å². The number of amides is 1. The third kappa shape index (κ3) is 2.95. The highest BCUT2D eigenvalue weighted by molar-refractivity contribution is 8.26. The predicted molar refractivity (Wildman–Crippen MR) is 94.2 cm³/mol. The average Bonchev–Trinajstić information content (AvgIpc) is 3.09. The molecule has 2 aromatic rings. The fourth-order valence-corrected chi connectivity index (χ4v) is 4.34. The van der Waals surface area contributed by atoms with Crippen LogP contribution in [0.25, 0.3) is 6.08 Å². The summed E-state index contributed by atoms with van der Waals surface area (Å²) in [4.78, 5) is 16.1. The first kappa shape index (κ1) is 14.5. The molecule has 1 aliphatic heterocycles. The predicted octanol–water partition coefficient (Wildman–Crippen LogP) is 4.71. The summed E-state index contributed by atoms with van der Waals surface area (Å²) in [6, 6.07) is 13.9. The molecule has 2 nitrogen and oxygen atoms in total. The van der Waals surface area contributed by atoms with Gasteiger partial charge in [-0.1, -0.05) is 60.4 Å². The van der Waals surface area contributed by atoms with Crippen LogP contribution in [0.3, 0.4) is 0 Å². The van der Waals surface area contributed by atoms with Crippen LogP contribution in [0.5, 0.6) is 0 Å². The van der Waals surface area contributed by atoms with Crippen molar-refractivity contribution in [1.82, 2.24) is 4.90 Å². The number of carbonyl (C=O) groups excluding carboxylic acids is 1. The standard InChI is InChI=1S/C16H13NOS3/c1-11(12-6-3-2-4-7-12)17-15(18)14(21-16(17)19)10-13-8-5-9-20-13/h2-11H,1H3/b14-10+. The Kier molecular flexibility index (Phi) is 4.24. The van der Waals surface area contributed by atoms with E-state index in [-0.39, 0.29) is 11.9 Å². The number of hydrogen-bond donors (Lipinski definition) is 0. The summed E-state index contributed by atoms with van der Waals surface area (Å²) in [6.07, 6.45) is 1.92. The van der Waals surface area contributed by atoms with Crippen molar-refractivity contribution in [3.05, 3.63) is 63.2 Å². The summed E-state index contributed by atoms with van der Waals surface area (Å²) in [7, 11) is 0. The normalized spacial score (nSPS) is 18.5. The SMILES string of the molecule is CC(c1ccccc1)N1C(=O)/C(=C\c2cccs2)SC1=S. The molecule has 106 valence electrons. The van der Waals surface area contributed by atoms with Crippen LogP contribution in [0.15, 0.2) is 52.7 Å². The van der Waals surface area contributed by atoms with E-state index in [1.807, 2.05) is 60.8 Å². The Hall–Kier alpha value is -1.43. The second-order valence-electron chi connectivity index (χ2n) is 4.65. The second kappa shape index (κ2) is 6.13. The van der Waals surface area contributed by atoms with Crippen molar-refractivity contribution in [1.29, 1.82) is 0 Å². The quantitative estimate of drug-likeness (QED) is 0.600. The molecular formula is C16H13NOS3. The van der Waals surface area contributed by atoms with Gasteiger partial charge in [-0.15, -0.1) is 11.3 Å². The molecule has 5 heteroatoms. The lowest BCUT2D eigenvalue weighted by molar-refractivity contribution is -0.123. The topological polar surface area (TPSA) is 20.3 Å². The first-order valence-corrected chi connectivity index (χ1v) is 8.63. The van der Waals surface area contributed by atoms with Gasteiger partial charge in [0.1, 0.15) is 4.32 Å². The van der Waals surface area contributed by atoms with Gasteiger partial charge in [-0.05, 0) is 30.0 Å². The Morgan fingerprint density at radius 1 is 1.19 bits per heavy atom. The van der Waals surface area contributed by atoms with Crippen LogP contribution in [-0.4, -0.2) is 15.1 Å². The van der Waals surface area contributed by atoms with Gasteiger partial charge in [-0.3, -0.25) is 9.69 Å². The molecule has 1 aliphatic rings. The molecule has 0 spiro atoms. The number of thiophene rings is 1. The lowest BCUT2D eigenvalue weighted by Crippen LogP contribution is -2.30. The summed E-state index contributed by atoms with van der Waals surface area (Å²) in [5.74, 6) is -0.00486. The second-order valence-corrected chi connectivity index (χ2v) is 7.31. The van der Waals surface area contributed by atoms with Crippen molar-refractivity contribution >= 4 is 51.6 Å². The lowest BCUT2D eigenvalue weighted by Gasteiger charge is -2.23. The van der Waals surface area contributed by atoms with Gasteiger partial charge in [0.25, 0.3) is 5.91 Å². The van der Waals surface area contributed by atoms with E-state index in [1.54, 1.807) is 16.2 Å². The number of benzene rings is 1. The largest absolute Gasteiger partial charge is 0.286 e. The molecule has 0 N–H and O–H groups in total. The van der Waals surface area contributed by atoms with Crippen molar-refractivity contribution < 1.29 is 4.79 Å². The lowest BCUT2D eigenvalue weighted by atomic mass is 10.1. The molecule has 3 rings (SSSR count). The Balaban J connectivity index is 1.88. The number of carbonyl (C=O) groups is 1. The van der Waals surface area contributed by atoms with E-state index in [2.05, 4.69) is 0 Å². The van der Waals surface area contributed by atoms with E-state index in [1.165, 1.54) is 11.8 Å². The van der Waals surface area contributed by atoms with E-state index in [0.717, 1.165) is 10.4 Å². The molecule has 1 aromatic carbocycles. The number of nitrogens with zero attached hydrogens (tertiary/aromatic N) is 1. The van der Waals surface area contributed by atoms with Crippen molar-refractivity contribution in [2.24, 2.45) is 0 Å². The highest BCUT2D eigenvalue weighted by Gasteiger charge is 2.35. The van der Waals surface area contributed by atoms with Gasteiger partial charge < -0.3 is 0 Å². The third-order valence-corrected chi connectivity index (χ3v) is 5.46. The first-order valence-electron chi connectivity index (χ1n) is 6.52. The Morgan fingerprint density at radius 2 is 1.95 bits per heavy atom. The highest BCUT2D eigenvalue weighted by atomic mass is 32.2. The van der Waals surface area contributed by atoms with E-state index in [0.29, 0.717) is 9.23 Å². The van der Waals surface area contributed by atoms with Crippen LogP contribution in [0.1, 0.15) is 23.4 Å². The van der Waals surface area contributed by atoms with Gasteiger partial charge in [0, 0.05) is 4.88 Å². The zero-order valence-corrected chi connectivity index (χ0v) is 13.8. The fraction of sp³-hybridized carbons (Fsp3) is 0.125. The van der Waals surface area contributed by atoms with Crippen molar-refractivity contribution in [2.45, 2.75) is 13.0 Å². The fourth-order valence-electron chi connectivity index (χ4n) is 2.20. The highest BCUT2D eigenvalue weighted by Crippen LogP contribution is 2.38. The van der Waals surface area contributed by atoms with Crippen molar-refractivity contribution in [3.63, 3.8) is 0 Å². The minimum Gasteiger partial charge on any atom is -0.286 e. The molecule has 0 radical (unpaired) electrons. The number of rotatable bonds is 3. The smallest absolute Gasteiger partial charge is 0.266 e. The van der Waals surface area contributed by atoms with Crippen LogP contribution in [-0.2, 0) is 4.79 Å². The summed E-state index contributed by atoms with van der Waals surface area (Å²) in [6.45, 7) is 2.01. The molecular weight excluding hydrogens is 318 g/mol. The Bertz CT molecular complexity index is 692. The van der Waals surface area contributed by atoms with Crippen molar-refractivity contribution in [2.75, 3.05) is 0 Å². The summed E-state index contributed by atoms with van der Waals surface area (Å²) in [5, 5.41) is 2.00.